The Hall–Kier alpha value is -1.88. The maximum Gasteiger partial charge on any atom is 0.410 e. The van der Waals surface area contributed by atoms with Crippen molar-refractivity contribution >= 4 is 50.5 Å². The third-order valence-electron chi connectivity index (χ3n) is 6.68. The molecule has 2 aliphatic rings. The van der Waals surface area contributed by atoms with Crippen LogP contribution >= 0.6 is 38.5 Å². The van der Waals surface area contributed by atoms with Crippen LogP contribution in [0.4, 0.5) is 4.79 Å². The smallest absolute Gasteiger partial charge is 0.410 e. The van der Waals surface area contributed by atoms with Gasteiger partial charge in [-0.25, -0.2) is 4.79 Å². The van der Waals surface area contributed by atoms with Crippen LogP contribution in [0.5, 0.6) is 0 Å². The standard InChI is InChI=1S/C27H33BrIN3O4/c1-27(2,3)36-26(35)31-10-8-22(18-7-9-30(4)24(33)13-18)23(16-31)25(34)32(21-5-6-21)15-17-11-19(28)14-20(29)12-17/h7,9,11-14,21-23H,5-6,8,10,15-16H2,1-4H3/t22-,23+/m0/s1. The van der Waals surface area contributed by atoms with Crippen LogP contribution in [0.25, 0.3) is 0 Å². The summed E-state index contributed by atoms with van der Waals surface area (Å²) >= 11 is 5.86. The largest absolute Gasteiger partial charge is 0.444 e. The number of likely N-dealkylation sites (tertiary alicyclic amines) is 1. The van der Waals surface area contributed by atoms with Gasteiger partial charge in [0.05, 0.1) is 5.92 Å². The lowest BCUT2D eigenvalue weighted by Gasteiger charge is -2.40. The van der Waals surface area contributed by atoms with E-state index >= 15 is 0 Å². The van der Waals surface area contributed by atoms with E-state index in [0.717, 1.165) is 32.0 Å². The van der Waals surface area contributed by atoms with E-state index < -0.39 is 17.6 Å². The van der Waals surface area contributed by atoms with Crippen LogP contribution < -0.4 is 5.56 Å². The fraction of sp³-hybridized carbons (Fsp3) is 0.519. The fourth-order valence-corrected chi connectivity index (χ4v) is 6.48. The molecule has 7 nitrogen and oxygen atoms in total. The van der Waals surface area contributed by atoms with Gasteiger partial charge in [-0.05, 0) is 104 Å². The average Bonchev–Trinajstić information content (AvgIpc) is 3.62. The third-order valence-corrected chi connectivity index (χ3v) is 7.76. The normalized spacial score (nSPS) is 20.2. The van der Waals surface area contributed by atoms with E-state index in [1.165, 1.54) is 4.57 Å². The van der Waals surface area contributed by atoms with Crippen molar-refractivity contribution in [2.75, 3.05) is 13.1 Å². The average molecular weight is 670 g/mol. The molecule has 1 saturated carbocycles. The molecule has 2 atom stereocenters. The summed E-state index contributed by atoms with van der Waals surface area (Å²) in [5.41, 5.74) is 1.21. The number of nitrogens with zero attached hydrogens (tertiary/aromatic N) is 3. The Morgan fingerprint density at radius 2 is 1.89 bits per heavy atom. The van der Waals surface area contributed by atoms with Gasteiger partial charge in [0, 0.05) is 53.0 Å². The molecule has 0 unspecified atom stereocenters. The van der Waals surface area contributed by atoms with Gasteiger partial charge < -0.3 is 19.1 Å². The Balaban J connectivity index is 1.64. The number of amides is 2. The summed E-state index contributed by atoms with van der Waals surface area (Å²) in [5, 5.41) is 0. The van der Waals surface area contributed by atoms with Crippen LogP contribution in [0.3, 0.4) is 0 Å². The Morgan fingerprint density at radius 1 is 1.17 bits per heavy atom. The Kier molecular flexibility index (Phi) is 8.19. The van der Waals surface area contributed by atoms with Crippen molar-refractivity contribution < 1.29 is 14.3 Å². The number of aryl methyl sites for hydroxylation is 1. The number of pyridine rings is 1. The van der Waals surface area contributed by atoms with Crippen molar-refractivity contribution in [1.29, 1.82) is 0 Å². The number of carbonyl (C=O) groups excluding carboxylic acids is 2. The molecule has 0 bridgehead atoms. The van der Waals surface area contributed by atoms with Gasteiger partial charge in [-0.3, -0.25) is 9.59 Å². The van der Waals surface area contributed by atoms with E-state index in [1.54, 1.807) is 24.2 Å². The van der Waals surface area contributed by atoms with Gasteiger partial charge in [0.15, 0.2) is 0 Å². The number of carbonyl (C=O) groups is 2. The molecule has 2 heterocycles. The van der Waals surface area contributed by atoms with Crippen molar-refractivity contribution in [1.82, 2.24) is 14.4 Å². The first-order chi connectivity index (χ1) is 16.9. The molecule has 1 aliphatic heterocycles. The monoisotopic (exact) mass is 669 g/mol. The first-order valence-electron chi connectivity index (χ1n) is 12.3. The summed E-state index contributed by atoms with van der Waals surface area (Å²) in [6, 6.07) is 9.95. The molecule has 0 N–H and O–H groups in total. The fourth-order valence-electron chi connectivity index (χ4n) is 4.77. The van der Waals surface area contributed by atoms with Gasteiger partial charge in [-0.1, -0.05) is 15.9 Å². The molecule has 2 aromatic rings. The van der Waals surface area contributed by atoms with Crippen LogP contribution in [0, 0.1) is 9.49 Å². The minimum atomic E-state index is -0.614. The van der Waals surface area contributed by atoms with E-state index in [1.807, 2.05) is 37.8 Å². The number of aromatic nitrogens is 1. The van der Waals surface area contributed by atoms with E-state index in [2.05, 4.69) is 50.7 Å². The van der Waals surface area contributed by atoms with Gasteiger partial charge in [-0.2, -0.15) is 0 Å². The van der Waals surface area contributed by atoms with Crippen LogP contribution in [-0.4, -0.2) is 51.1 Å². The molecule has 1 aromatic carbocycles. The predicted molar refractivity (Wildman–Crippen MR) is 151 cm³/mol. The van der Waals surface area contributed by atoms with Crippen molar-refractivity contribution in [2.24, 2.45) is 13.0 Å². The maximum atomic E-state index is 14.2. The number of rotatable bonds is 5. The summed E-state index contributed by atoms with van der Waals surface area (Å²) in [5.74, 6) is -0.564. The van der Waals surface area contributed by atoms with Crippen molar-refractivity contribution in [3.8, 4) is 0 Å². The summed E-state index contributed by atoms with van der Waals surface area (Å²) in [6.07, 6.45) is 3.91. The maximum absolute atomic E-state index is 14.2. The molecule has 9 heteroatoms. The second-order valence-corrected chi connectivity index (χ2v) is 13.0. The second-order valence-electron chi connectivity index (χ2n) is 10.8. The van der Waals surface area contributed by atoms with Crippen molar-refractivity contribution in [3.05, 3.63) is 66.1 Å². The van der Waals surface area contributed by atoms with Crippen molar-refractivity contribution in [2.45, 2.75) is 64.1 Å². The zero-order valence-corrected chi connectivity index (χ0v) is 24.9. The first-order valence-corrected chi connectivity index (χ1v) is 14.2. The minimum Gasteiger partial charge on any atom is -0.444 e. The first kappa shape index (κ1) is 27.2. The van der Waals surface area contributed by atoms with Gasteiger partial charge >= 0.3 is 6.09 Å². The molecule has 0 radical (unpaired) electrons. The molecule has 36 heavy (non-hydrogen) atoms. The summed E-state index contributed by atoms with van der Waals surface area (Å²) in [4.78, 5) is 43.2. The SMILES string of the molecule is Cn1ccc([C@@H]2CCN(C(=O)OC(C)(C)C)C[C@H]2C(=O)N(Cc2cc(Br)cc(I)c2)C2CC2)cc1=O. The van der Waals surface area contributed by atoms with Gasteiger partial charge in [0.25, 0.3) is 5.56 Å². The van der Waals surface area contributed by atoms with E-state index in [9.17, 15) is 14.4 Å². The van der Waals surface area contributed by atoms with Crippen LogP contribution in [0.15, 0.2) is 45.8 Å². The van der Waals surface area contributed by atoms with Gasteiger partial charge in [0.1, 0.15) is 5.60 Å². The number of hydrogen-bond donors (Lipinski definition) is 0. The lowest BCUT2D eigenvalue weighted by molar-refractivity contribution is -0.139. The summed E-state index contributed by atoms with van der Waals surface area (Å²) < 4.78 is 9.24. The van der Waals surface area contributed by atoms with Crippen molar-refractivity contribution in [3.63, 3.8) is 0 Å². The zero-order chi connectivity index (χ0) is 26.2. The van der Waals surface area contributed by atoms with Crippen LogP contribution in [0.1, 0.15) is 57.1 Å². The molecule has 1 saturated heterocycles. The molecule has 2 fully saturated rings. The number of piperidine rings is 1. The molecule has 1 aliphatic carbocycles. The minimum absolute atomic E-state index is 0.0337. The Bertz CT molecular complexity index is 1180. The highest BCUT2D eigenvalue weighted by Gasteiger charge is 2.43. The number of halogens is 2. The highest BCUT2D eigenvalue weighted by atomic mass is 127. The second kappa shape index (κ2) is 10.8. The molecular formula is C27H33BrIN3O4. The van der Waals surface area contributed by atoms with Gasteiger partial charge in [-0.15, -0.1) is 0 Å². The molecule has 2 amide bonds. The zero-order valence-electron chi connectivity index (χ0n) is 21.2. The molecule has 1 aromatic heterocycles. The highest BCUT2D eigenvalue weighted by Crippen LogP contribution is 2.38. The molecule has 4 rings (SSSR count). The topological polar surface area (TPSA) is 71.8 Å². The number of benzene rings is 1. The van der Waals surface area contributed by atoms with E-state index in [4.69, 9.17) is 4.74 Å². The lowest BCUT2D eigenvalue weighted by atomic mass is 9.79. The van der Waals surface area contributed by atoms with Gasteiger partial charge in [0.2, 0.25) is 5.91 Å². The summed E-state index contributed by atoms with van der Waals surface area (Å²) in [7, 11) is 1.72. The Labute approximate surface area is 234 Å². The highest BCUT2D eigenvalue weighted by molar-refractivity contribution is 14.1. The van der Waals surface area contributed by atoms with Crippen LogP contribution in [0.2, 0.25) is 0 Å². The quantitative estimate of drug-likeness (QED) is 0.406. The predicted octanol–water partition coefficient (Wildman–Crippen LogP) is 5.28. The third kappa shape index (κ3) is 6.70. The molecule has 0 spiro atoms. The number of ether oxygens (including phenoxy) is 1. The van der Waals surface area contributed by atoms with E-state index in [-0.39, 0.29) is 30.0 Å². The molecular weight excluding hydrogens is 637 g/mol. The lowest BCUT2D eigenvalue weighted by Crippen LogP contribution is -2.51. The molecule has 194 valence electrons. The summed E-state index contributed by atoms with van der Waals surface area (Å²) in [6.45, 7) is 6.79. The Morgan fingerprint density at radius 3 is 2.50 bits per heavy atom. The van der Waals surface area contributed by atoms with E-state index in [0.29, 0.717) is 19.5 Å². The van der Waals surface area contributed by atoms with Crippen LogP contribution in [-0.2, 0) is 23.1 Å². The number of hydrogen-bond acceptors (Lipinski definition) is 4.